The Balaban J connectivity index is 1.19. The number of hydrogen-bond acceptors (Lipinski definition) is 4. The van der Waals surface area contributed by atoms with Crippen LogP contribution in [0.5, 0.6) is 5.75 Å². The van der Waals surface area contributed by atoms with Crippen molar-refractivity contribution in [2.75, 3.05) is 32.8 Å². The summed E-state index contributed by atoms with van der Waals surface area (Å²) in [4.78, 5) is 14.7. The predicted molar refractivity (Wildman–Crippen MR) is 106 cm³/mol. The number of fused-ring (bicyclic) bond motifs is 1. The number of carbonyl (C=O) groups is 1. The zero-order valence-corrected chi connectivity index (χ0v) is 15.7. The number of likely N-dealkylation sites (tertiary alicyclic amines) is 1. The number of ether oxygens (including phenoxy) is 2. The third-order valence-electron chi connectivity index (χ3n) is 5.53. The number of carbonyl (C=O) groups excluding carboxylic acids is 1. The van der Waals surface area contributed by atoms with Crippen LogP contribution in [0.2, 0.25) is 0 Å². The van der Waals surface area contributed by atoms with E-state index in [9.17, 15) is 4.79 Å². The molecule has 5 nitrogen and oxygen atoms in total. The van der Waals surface area contributed by atoms with E-state index in [1.54, 1.807) is 0 Å². The summed E-state index contributed by atoms with van der Waals surface area (Å²) in [5, 5.41) is 5.41. The Kier molecular flexibility index (Phi) is 5.90. The summed E-state index contributed by atoms with van der Waals surface area (Å²) in [5.41, 5.74) is 0. The molecule has 0 aliphatic carbocycles. The Labute approximate surface area is 160 Å². The number of benzene rings is 2. The molecule has 2 heterocycles. The molecule has 0 spiro atoms. The molecule has 2 aliphatic heterocycles. The van der Waals surface area contributed by atoms with E-state index in [0.29, 0.717) is 6.10 Å². The quantitative estimate of drug-likeness (QED) is 0.852. The van der Waals surface area contributed by atoms with Crippen LogP contribution in [0.15, 0.2) is 42.5 Å². The number of rotatable bonds is 6. The maximum atomic E-state index is 12.2. The van der Waals surface area contributed by atoms with Crippen LogP contribution in [0.25, 0.3) is 10.8 Å². The molecule has 2 saturated heterocycles. The molecule has 0 saturated carbocycles. The predicted octanol–water partition coefficient (Wildman–Crippen LogP) is 2.98. The smallest absolute Gasteiger partial charge is 0.258 e. The van der Waals surface area contributed by atoms with Crippen molar-refractivity contribution >= 4 is 16.7 Å². The van der Waals surface area contributed by atoms with Gasteiger partial charge in [-0.2, -0.15) is 0 Å². The molecule has 2 aromatic rings. The second-order valence-electron chi connectivity index (χ2n) is 7.58. The van der Waals surface area contributed by atoms with Gasteiger partial charge in [-0.05, 0) is 48.6 Å². The highest BCUT2D eigenvalue weighted by Gasteiger charge is 2.24. The maximum absolute atomic E-state index is 12.2. The van der Waals surface area contributed by atoms with E-state index in [0.717, 1.165) is 50.2 Å². The van der Waals surface area contributed by atoms with Gasteiger partial charge in [0.05, 0.1) is 6.10 Å². The minimum absolute atomic E-state index is 0.0410. The Hall–Kier alpha value is -2.11. The number of piperidine rings is 1. The van der Waals surface area contributed by atoms with Gasteiger partial charge in [0, 0.05) is 32.3 Å². The number of nitrogens with one attached hydrogen (secondary N) is 1. The molecule has 144 valence electrons. The standard InChI is InChI=1S/C22H28N2O3/c25-22(16-27-20-8-7-17-4-1-2-5-18(17)14-20)23-19-9-11-24(12-10-19)15-21-6-3-13-26-21/h1-2,4-5,7-8,14,19,21H,3,6,9-13,15-16H2,(H,23,25)/t21-/m0/s1. The van der Waals surface area contributed by atoms with E-state index in [1.165, 1.54) is 18.2 Å². The molecule has 0 aromatic heterocycles. The summed E-state index contributed by atoms with van der Waals surface area (Å²) < 4.78 is 11.4. The van der Waals surface area contributed by atoms with Gasteiger partial charge in [-0.3, -0.25) is 4.79 Å². The lowest BCUT2D eigenvalue weighted by atomic mass is 10.0. The normalized spacial score (nSPS) is 21.4. The molecule has 0 bridgehead atoms. The molecular weight excluding hydrogens is 340 g/mol. The van der Waals surface area contributed by atoms with Crippen molar-refractivity contribution in [1.82, 2.24) is 10.2 Å². The van der Waals surface area contributed by atoms with E-state index in [-0.39, 0.29) is 18.6 Å². The molecule has 1 amide bonds. The lowest BCUT2D eigenvalue weighted by molar-refractivity contribution is -0.124. The van der Waals surface area contributed by atoms with Crippen molar-refractivity contribution in [3.8, 4) is 5.75 Å². The fourth-order valence-electron chi connectivity index (χ4n) is 4.01. The van der Waals surface area contributed by atoms with Crippen LogP contribution < -0.4 is 10.1 Å². The van der Waals surface area contributed by atoms with Crippen LogP contribution in [-0.2, 0) is 9.53 Å². The highest BCUT2D eigenvalue weighted by Crippen LogP contribution is 2.20. The number of hydrogen-bond donors (Lipinski definition) is 1. The Morgan fingerprint density at radius 3 is 2.70 bits per heavy atom. The van der Waals surface area contributed by atoms with Crippen LogP contribution in [-0.4, -0.2) is 55.8 Å². The lowest BCUT2D eigenvalue weighted by Crippen LogP contribution is -2.47. The molecule has 2 aliphatic rings. The van der Waals surface area contributed by atoms with Crippen LogP contribution >= 0.6 is 0 Å². The van der Waals surface area contributed by atoms with Crippen molar-refractivity contribution in [2.45, 2.75) is 37.8 Å². The third kappa shape index (κ3) is 4.99. The summed E-state index contributed by atoms with van der Waals surface area (Å²) >= 11 is 0. The van der Waals surface area contributed by atoms with Crippen molar-refractivity contribution in [2.24, 2.45) is 0 Å². The van der Waals surface area contributed by atoms with Crippen LogP contribution in [0.1, 0.15) is 25.7 Å². The summed E-state index contributed by atoms with van der Waals surface area (Å²) in [5.74, 6) is 0.691. The van der Waals surface area contributed by atoms with Gasteiger partial charge in [-0.25, -0.2) is 0 Å². The average molecular weight is 368 g/mol. The molecule has 2 fully saturated rings. The molecule has 0 radical (unpaired) electrons. The highest BCUT2D eigenvalue weighted by molar-refractivity contribution is 5.84. The first kappa shape index (κ1) is 18.3. The summed E-state index contributed by atoms with van der Waals surface area (Å²) in [7, 11) is 0. The second kappa shape index (κ2) is 8.72. The van der Waals surface area contributed by atoms with Gasteiger partial charge in [0.2, 0.25) is 0 Å². The molecule has 1 atom stereocenters. The molecule has 0 unspecified atom stereocenters. The molecule has 2 aromatic carbocycles. The molecular formula is C22H28N2O3. The monoisotopic (exact) mass is 368 g/mol. The largest absolute Gasteiger partial charge is 0.484 e. The van der Waals surface area contributed by atoms with Gasteiger partial charge in [0.1, 0.15) is 5.75 Å². The highest BCUT2D eigenvalue weighted by atomic mass is 16.5. The topological polar surface area (TPSA) is 50.8 Å². The van der Waals surface area contributed by atoms with E-state index in [1.807, 2.05) is 36.4 Å². The molecule has 27 heavy (non-hydrogen) atoms. The first-order valence-corrected chi connectivity index (χ1v) is 10.0. The van der Waals surface area contributed by atoms with E-state index < -0.39 is 0 Å². The first-order valence-electron chi connectivity index (χ1n) is 10.0. The van der Waals surface area contributed by atoms with Gasteiger partial charge < -0.3 is 19.7 Å². The molecule has 5 heteroatoms. The number of nitrogens with zero attached hydrogens (tertiary/aromatic N) is 1. The van der Waals surface area contributed by atoms with Gasteiger partial charge in [0.25, 0.3) is 5.91 Å². The summed E-state index contributed by atoms with van der Waals surface area (Å²) in [6.07, 6.45) is 4.77. The van der Waals surface area contributed by atoms with Gasteiger partial charge >= 0.3 is 0 Å². The van der Waals surface area contributed by atoms with Crippen molar-refractivity contribution in [3.05, 3.63) is 42.5 Å². The third-order valence-corrected chi connectivity index (χ3v) is 5.53. The van der Waals surface area contributed by atoms with Crippen LogP contribution in [0, 0.1) is 0 Å². The van der Waals surface area contributed by atoms with Crippen LogP contribution in [0.3, 0.4) is 0 Å². The summed E-state index contributed by atoms with van der Waals surface area (Å²) in [6, 6.07) is 14.3. The van der Waals surface area contributed by atoms with Gasteiger partial charge in [-0.1, -0.05) is 30.3 Å². The van der Waals surface area contributed by atoms with Crippen molar-refractivity contribution in [1.29, 1.82) is 0 Å². The van der Waals surface area contributed by atoms with Crippen molar-refractivity contribution in [3.63, 3.8) is 0 Å². The SMILES string of the molecule is O=C(COc1ccc2ccccc2c1)NC1CCN(C[C@@H]2CCCO2)CC1. The fourth-order valence-corrected chi connectivity index (χ4v) is 4.01. The van der Waals surface area contributed by atoms with E-state index >= 15 is 0 Å². The Bertz CT molecular complexity index is 765. The van der Waals surface area contributed by atoms with E-state index in [4.69, 9.17) is 9.47 Å². The maximum Gasteiger partial charge on any atom is 0.258 e. The minimum atomic E-state index is -0.0410. The molecule has 4 rings (SSSR count). The average Bonchev–Trinajstić information content (AvgIpc) is 3.21. The van der Waals surface area contributed by atoms with Gasteiger partial charge in [-0.15, -0.1) is 0 Å². The number of amides is 1. The second-order valence-corrected chi connectivity index (χ2v) is 7.58. The van der Waals surface area contributed by atoms with Gasteiger partial charge in [0.15, 0.2) is 6.61 Å². The zero-order chi connectivity index (χ0) is 18.5. The Morgan fingerprint density at radius 2 is 1.93 bits per heavy atom. The minimum Gasteiger partial charge on any atom is -0.484 e. The zero-order valence-electron chi connectivity index (χ0n) is 15.7. The van der Waals surface area contributed by atoms with Crippen molar-refractivity contribution < 1.29 is 14.3 Å². The van der Waals surface area contributed by atoms with Crippen LogP contribution in [0.4, 0.5) is 0 Å². The van der Waals surface area contributed by atoms with E-state index in [2.05, 4.69) is 16.3 Å². The lowest BCUT2D eigenvalue weighted by Gasteiger charge is -2.33. The summed E-state index contributed by atoms with van der Waals surface area (Å²) in [6.45, 7) is 4.06. The Morgan fingerprint density at radius 1 is 1.11 bits per heavy atom. The fraction of sp³-hybridized carbons (Fsp3) is 0.500. The molecule has 1 N–H and O–H groups in total. The first-order chi connectivity index (χ1) is 13.3.